The number of alkyl halides is 2. The fraction of sp³-hybridized carbons (Fsp3) is 0.556. The quantitative estimate of drug-likeness (QED) is 0.700. The Balaban J connectivity index is 2.75. The molecule has 0 amide bonds. The van der Waals surface area contributed by atoms with E-state index in [9.17, 15) is 18.5 Å². The number of nitrogens with two attached hydrogens (primary N) is 1. The molecular weight excluding hydrogens is 250 g/mol. The Morgan fingerprint density at radius 1 is 1.61 bits per heavy atom. The fourth-order valence-corrected chi connectivity index (χ4v) is 1.37. The van der Waals surface area contributed by atoms with Crippen LogP contribution < -0.4 is 11.4 Å². The molecule has 1 heterocycles. The molecule has 1 aromatic rings. The Morgan fingerprint density at radius 3 is 2.83 bits per heavy atom. The number of anilines is 1. The smallest absolute Gasteiger partial charge is 0.349 e. The normalized spacial score (nSPS) is 13.3. The minimum absolute atomic E-state index is 0.0650. The van der Waals surface area contributed by atoms with Crippen LogP contribution >= 0.6 is 0 Å². The van der Waals surface area contributed by atoms with Gasteiger partial charge in [0, 0.05) is 12.6 Å². The first-order chi connectivity index (χ1) is 8.34. The number of aliphatic hydroxyl groups excluding tert-OH is 1. The maximum absolute atomic E-state index is 13.4. The second-order valence-corrected chi connectivity index (χ2v) is 3.79. The number of hydrogen-bond acceptors (Lipinski definition) is 6. The van der Waals surface area contributed by atoms with Crippen molar-refractivity contribution in [2.75, 3.05) is 12.3 Å². The predicted molar refractivity (Wildman–Crippen MR) is 59.1 cm³/mol. The van der Waals surface area contributed by atoms with Crippen molar-refractivity contribution in [2.45, 2.75) is 25.0 Å². The van der Waals surface area contributed by atoms with Crippen LogP contribution in [-0.2, 0) is 6.54 Å². The number of nitrogens with zero attached hydrogens (tertiary/aromatic N) is 3. The van der Waals surface area contributed by atoms with Gasteiger partial charge in [0.05, 0.1) is 12.6 Å². The minimum Gasteiger partial charge on any atom is -0.391 e. The average Bonchev–Trinajstić information content (AvgIpc) is 2.21. The van der Waals surface area contributed by atoms with Crippen LogP contribution in [0.3, 0.4) is 0 Å². The summed E-state index contributed by atoms with van der Waals surface area (Å²) < 4.78 is 27.6. The van der Waals surface area contributed by atoms with Crippen LogP contribution in [0.5, 0.6) is 0 Å². The van der Waals surface area contributed by atoms with Crippen molar-refractivity contribution in [3.05, 3.63) is 27.7 Å². The van der Waals surface area contributed by atoms with Gasteiger partial charge in [-0.15, -0.1) is 0 Å². The molecule has 0 saturated heterocycles. The maximum atomic E-state index is 13.4. The van der Waals surface area contributed by atoms with Crippen molar-refractivity contribution in [2.24, 2.45) is 5.18 Å². The highest BCUT2D eigenvalue weighted by atomic mass is 19.3. The lowest BCUT2D eigenvalue weighted by molar-refractivity contribution is -0.0560. The Kier molecular flexibility index (Phi) is 4.43. The lowest BCUT2D eigenvalue weighted by atomic mass is 10.1. The highest BCUT2D eigenvalue weighted by molar-refractivity contribution is 5.23. The molecule has 0 aliphatic rings. The van der Waals surface area contributed by atoms with Crippen LogP contribution in [0.2, 0.25) is 0 Å². The zero-order valence-electron chi connectivity index (χ0n) is 9.29. The SMILES string of the molecule is Nc1ccn(CC(F)(F)CC(O)CN=O)c(=O)n1. The number of halogens is 2. The summed E-state index contributed by atoms with van der Waals surface area (Å²) in [5, 5.41) is 11.4. The van der Waals surface area contributed by atoms with Gasteiger partial charge >= 0.3 is 5.69 Å². The molecule has 0 spiro atoms. The van der Waals surface area contributed by atoms with Crippen molar-refractivity contribution >= 4 is 5.82 Å². The van der Waals surface area contributed by atoms with Crippen LogP contribution in [0.1, 0.15) is 6.42 Å². The average molecular weight is 262 g/mol. The lowest BCUT2D eigenvalue weighted by Gasteiger charge is -2.19. The second kappa shape index (κ2) is 5.63. The summed E-state index contributed by atoms with van der Waals surface area (Å²) in [6.07, 6.45) is -1.42. The molecule has 0 fully saturated rings. The van der Waals surface area contributed by atoms with Crippen molar-refractivity contribution < 1.29 is 13.9 Å². The number of aliphatic hydroxyl groups is 1. The summed E-state index contributed by atoms with van der Waals surface area (Å²) in [5.74, 6) is -3.42. The van der Waals surface area contributed by atoms with Crippen molar-refractivity contribution in [3.8, 4) is 0 Å². The monoisotopic (exact) mass is 262 g/mol. The molecule has 0 bridgehead atoms. The first-order valence-corrected chi connectivity index (χ1v) is 5.02. The van der Waals surface area contributed by atoms with Crippen molar-refractivity contribution in [1.82, 2.24) is 9.55 Å². The van der Waals surface area contributed by atoms with Gasteiger partial charge in [0.1, 0.15) is 12.4 Å². The molecule has 3 N–H and O–H groups in total. The zero-order chi connectivity index (χ0) is 13.8. The van der Waals surface area contributed by atoms with E-state index < -0.39 is 37.2 Å². The van der Waals surface area contributed by atoms with Gasteiger partial charge in [-0.3, -0.25) is 4.57 Å². The molecule has 0 aliphatic carbocycles. The molecular formula is C9H12F2N4O3. The molecule has 0 aromatic carbocycles. The minimum atomic E-state index is -3.36. The van der Waals surface area contributed by atoms with Gasteiger partial charge in [0.25, 0.3) is 5.92 Å². The Labute approximate surface area is 100 Å². The summed E-state index contributed by atoms with van der Waals surface area (Å²) >= 11 is 0. The first-order valence-electron chi connectivity index (χ1n) is 5.02. The van der Waals surface area contributed by atoms with Gasteiger partial charge < -0.3 is 10.8 Å². The van der Waals surface area contributed by atoms with E-state index in [1.54, 1.807) is 0 Å². The van der Waals surface area contributed by atoms with E-state index >= 15 is 0 Å². The third-order valence-electron chi connectivity index (χ3n) is 2.12. The van der Waals surface area contributed by atoms with Gasteiger partial charge in [-0.25, -0.2) is 13.6 Å². The first kappa shape index (κ1) is 14.2. The summed E-state index contributed by atoms with van der Waals surface area (Å²) in [6, 6.07) is 1.21. The van der Waals surface area contributed by atoms with Crippen molar-refractivity contribution in [1.29, 1.82) is 0 Å². The van der Waals surface area contributed by atoms with Crippen LogP contribution in [0.4, 0.5) is 14.6 Å². The van der Waals surface area contributed by atoms with Crippen LogP contribution in [0.15, 0.2) is 22.2 Å². The molecule has 9 heteroatoms. The van der Waals surface area contributed by atoms with Gasteiger partial charge in [-0.2, -0.15) is 9.89 Å². The Bertz CT molecular complexity index is 477. The van der Waals surface area contributed by atoms with E-state index in [0.29, 0.717) is 4.57 Å². The molecule has 1 rings (SSSR count). The summed E-state index contributed by atoms with van der Waals surface area (Å²) in [7, 11) is 0. The lowest BCUT2D eigenvalue weighted by Crippen LogP contribution is -2.35. The van der Waals surface area contributed by atoms with E-state index in [4.69, 9.17) is 10.8 Å². The fourth-order valence-electron chi connectivity index (χ4n) is 1.37. The third kappa shape index (κ3) is 4.17. The van der Waals surface area contributed by atoms with Crippen molar-refractivity contribution in [3.63, 3.8) is 0 Å². The number of aromatic nitrogens is 2. The molecule has 7 nitrogen and oxygen atoms in total. The van der Waals surface area contributed by atoms with Crippen LogP contribution in [-0.4, -0.2) is 33.2 Å². The molecule has 1 atom stereocenters. The molecule has 0 radical (unpaired) electrons. The third-order valence-corrected chi connectivity index (χ3v) is 2.12. The Hall–Kier alpha value is -1.90. The molecule has 18 heavy (non-hydrogen) atoms. The summed E-state index contributed by atoms with van der Waals surface area (Å²) in [4.78, 5) is 24.3. The van der Waals surface area contributed by atoms with E-state index in [2.05, 4.69) is 10.2 Å². The van der Waals surface area contributed by atoms with Gasteiger partial charge in [0.15, 0.2) is 0 Å². The molecule has 0 aliphatic heterocycles. The number of hydrogen-bond donors (Lipinski definition) is 2. The molecule has 1 unspecified atom stereocenters. The molecule has 0 saturated carbocycles. The molecule has 100 valence electrons. The van der Waals surface area contributed by atoms with E-state index in [0.717, 1.165) is 6.20 Å². The van der Waals surface area contributed by atoms with Gasteiger partial charge in [-0.1, -0.05) is 5.18 Å². The van der Waals surface area contributed by atoms with E-state index in [1.807, 2.05) is 0 Å². The van der Waals surface area contributed by atoms with Gasteiger partial charge in [-0.05, 0) is 6.07 Å². The highest BCUT2D eigenvalue weighted by Crippen LogP contribution is 2.22. The second-order valence-electron chi connectivity index (χ2n) is 3.79. The number of nitroso groups, excluding NO2 is 1. The summed E-state index contributed by atoms with van der Waals surface area (Å²) in [5.41, 5.74) is 4.31. The predicted octanol–water partition coefficient (Wildman–Crippen LogP) is -0.0218. The van der Waals surface area contributed by atoms with Gasteiger partial charge in [0.2, 0.25) is 0 Å². The highest BCUT2D eigenvalue weighted by Gasteiger charge is 2.33. The maximum Gasteiger partial charge on any atom is 0.349 e. The number of rotatable bonds is 6. The zero-order valence-corrected chi connectivity index (χ0v) is 9.29. The topological polar surface area (TPSA) is 111 Å². The Morgan fingerprint density at radius 2 is 2.28 bits per heavy atom. The van der Waals surface area contributed by atoms with Crippen LogP contribution in [0.25, 0.3) is 0 Å². The van der Waals surface area contributed by atoms with Crippen LogP contribution in [0, 0.1) is 4.91 Å². The number of nitrogen functional groups attached to an aromatic ring is 1. The standard InChI is InChI=1S/C9H12F2N4O3/c10-9(11,3-6(16)4-13-18)5-15-2-1-7(12)14-8(15)17/h1-2,6,16H,3-5H2,(H2,12,14,17). The van der Waals surface area contributed by atoms with E-state index in [1.165, 1.54) is 6.07 Å². The van der Waals surface area contributed by atoms with E-state index in [-0.39, 0.29) is 5.82 Å². The summed E-state index contributed by atoms with van der Waals surface area (Å²) in [6.45, 7) is -1.57. The largest absolute Gasteiger partial charge is 0.391 e. The molecule has 1 aromatic heterocycles.